The lowest BCUT2D eigenvalue weighted by molar-refractivity contribution is -0.110. The van der Waals surface area contributed by atoms with Crippen molar-refractivity contribution in [3.05, 3.63) is 69.9 Å². The predicted octanol–water partition coefficient (Wildman–Crippen LogP) is 5.61. The van der Waals surface area contributed by atoms with Crippen LogP contribution in [0.25, 0.3) is 22.8 Å². The summed E-state index contributed by atoms with van der Waals surface area (Å²) in [6, 6.07) is 18.2. The van der Waals surface area contributed by atoms with Crippen LogP contribution in [0.4, 0.5) is 5.69 Å². The van der Waals surface area contributed by atoms with Gasteiger partial charge in [0, 0.05) is 21.0 Å². The highest BCUT2D eigenvalue weighted by molar-refractivity contribution is 7.12. The maximum Gasteiger partial charge on any atom is 0.256 e. The zero-order valence-corrected chi connectivity index (χ0v) is 15.5. The summed E-state index contributed by atoms with van der Waals surface area (Å²) in [7, 11) is 0. The molecule has 0 spiro atoms. The van der Waals surface area contributed by atoms with Crippen molar-refractivity contribution in [2.75, 3.05) is 11.9 Å². The molecule has 0 atom stereocenters. The predicted molar refractivity (Wildman–Crippen MR) is 109 cm³/mol. The van der Waals surface area contributed by atoms with Crippen LogP contribution in [0.3, 0.4) is 0 Å². The second-order valence-electron chi connectivity index (χ2n) is 6.18. The minimum absolute atomic E-state index is 0.0497. The van der Waals surface area contributed by atoms with Gasteiger partial charge in [0.1, 0.15) is 5.75 Å². The summed E-state index contributed by atoms with van der Waals surface area (Å²) >= 11 is 1.69. The SMILES string of the molecule is CCOc1cccc(-c2ccc3c(c2)NC(=O)C3=Cc2ccc(C)s2)c1. The van der Waals surface area contributed by atoms with E-state index in [2.05, 4.69) is 24.4 Å². The first-order valence-corrected chi connectivity index (χ1v) is 9.43. The number of aryl methyl sites for hydroxylation is 1. The highest BCUT2D eigenvalue weighted by atomic mass is 32.1. The van der Waals surface area contributed by atoms with Crippen LogP contribution in [0.5, 0.6) is 5.75 Å². The molecule has 26 heavy (non-hydrogen) atoms. The number of benzene rings is 2. The standard InChI is InChI=1S/C22H19NO2S/c1-3-25-17-6-4-5-15(11-17)16-8-10-19-20(22(24)23-21(19)12-16)13-18-9-7-14(2)26-18/h4-13H,3H2,1-2H3,(H,23,24). The first-order valence-electron chi connectivity index (χ1n) is 8.61. The molecule has 1 amide bonds. The molecule has 2 heterocycles. The number of hydrogen-bond acceptors (Lipinski definition) is 3. The molecular formula is C22H19NO2S. The van der Waals surface area contributed by atoms with Gasteiger partial charge in [-0.25, -0.2) is 0 Å². The van der Waals surface area contributed by atoms with Gasteiger partial charge < -0.3 is 10.1 Å². The molecule has 1 aromatic heterocycles. The Hall–Kier alpha value is -2.85. The van der Waals surface area contributed by atoms with Gasteiger partial charge in [0.25, 0.3) is 5.91 Å². The van der Waals surface area contributed by atoms with Crippen molar-refractivity contribution >= 4 is 34.6 Å². The van der Waals surface area contributed by atoms with Crippen molar-refractivity contribution in [2.45, 2.75) is 13.8 Å². The van der Waals surface area contributed by atoms with Gasteiger partial charge in [-0.15, -0.1) is 11.3 Å². The van der Waals surface area contributed by atoms with Gasteiger partial charge in [-0.2, -0.15) is 0 Å². The molecule has 0 radical (unpaired) electrons. The molecular weight excluding hydrogens is 342 g/mol. The molecule has 0 saturated carbocycles. The van der Waals surface area contributed by atoms with Crippen molar-refractivity contribution in [3.63, 3.8) is 0 Å². The summed E-state index contributed by atoms with van der Waals surface area (Å²) in [6.07, 6.45) is 1.97. The van der Waals surface area contributed by atoms with E-state index < -0.39 is 0 Å². The number of anilines is 1. The van der Waals surface area contributed by atoms with Crippen molar-refractivity contribution in [1.29, 1.82) is 0 Å². The number of hydrogen-bond donors (Lipinski definition) is 1. The van der Waals surface area contributed by atoms with Gasteiger partial charge in [-0.3, -0.25) is 4.79 Å². The number of thiophene rings is 1. The Balaban J connectivity index is 1.70. The molecule has 1 N–H and O–H groups in total. The smallest absolute Gasteiger partial charge is 0.256 e. The maximum absolute atomic E-state index is 12.4. The van der Waals surface area contributed by atoms with E-state index in [9.17, 15) is 4.79 Å². The number of amides is 1. The van der Waals surface area contributed by atoms with Crippen LogP contribution in [0, 0.1) is 6.92 Å². The third-order valence-corrected chi connectivity index (χ3v) is 5.28. The molecule has 0 unspecified atom stereocenters. The molecule has 3 aromatic rings. The zero-order chi connectivity index (χ0) is 18.1. The van der Waals surface area contributed by atoms with Crippen molar-refractivity contribution < 1.29 is 9.53 Å². The average molecular weight is 361 g/mol. The third-order valence-electron chi connectivity index (χ3n) is 4.33. The van der Waals surface area contributed by atoms with Crippen LogP contribution < -0.4 is 10.1 Å². The Morgan fingerprint density at radius 2 is 1.92 bits per heavy atom. The van der Waals surface area contributed by atoms with E-state index in [0.29, 0.717) is 6.61 Å². The Morgan fingerprint density at radius 3 is 2.69 bits per heavy atom. The largest absolute Gasteiger partial charge is 0.494 e. The molecule has 0 bridgehead atoms. The van der Waals surface area contributed by atoms with E-state index >= 15 is 0 Å². The van der Waals surface area contributed by atoms with E-state index in [1.54, 1.807) is 11.3 Å². The van der Waals surface area contributed by atoms with Crippen LogP contribution >= 0.6 is 11.3 Å². The van der Waals surface area contributed by atoms with E-state index in [1.165, 1.54) is 4.88 Å². The fourth-order valence-corrected chi connectivity index (χ4v) is 3.94. The molecule has 0 saturated heterocycles. The van der Waals surface area contributed by atoms with E-state index in [4.69, 9.17) is 4.74 Å². The monoisotopic (exact) mass is 361 g/mol. The Kier molecular flexibility index (Phi) is 4.35. The van der Waals surface area contributed by atoms with Crippen molar-refractivity contribution in [2.24, 2.45) is 0 Å². The Morgan fingerprint density at radius 1 is 1.08 bits per heavy atom. The first kappa shape index (κ1) is 16.6. The third kappa shape index (κ3) is 3.16. The van der Waals surface area contributed by atoms with Crippen molar-refractivity contribution in [1.82, 2.24) is 0 Å². The molecule has 4 heteroatoms. The fourth-order valence-electron chi connectivity index (χ4n) is 3.12. The van der Waals surface area contributed by atoms with E-state index in [-0.39, 0.29) is 5.91 Å². The molecule has 1 aliphatic heterocycles. The zero-order valence-electron chi connectivity index (χ0n) is 14.7. The second kappa shape index (κ2) is 6.81. The lowest BCUT2D eigenvalue weighted by Gasteiger charge is -2.08. The second-order valence-corrected chi connectivity index (χ2v) is 7.50. The number of nitrogens with one attached hydrogen (secondary N) is 1. The first-order chi connectivity index (χ1) is 12.6. The molecule has 0 aliphatic carbocycles. The highest BCUT2D eigenvalue weighted by Gasteiger charge is 2.24. The number of carbonyl (C=O) groups is 1. The van der Waals surface area contributed by atoms with Gasteiger partial charge in [0.2, 0.25) is 0 Å². The molecule has 2 aromatic carbocycles. The lowest BCUT2D eigenvalue weighted by atomic mass is 10.00. The maximum atomic E-state index is 12.4. The highest BCUT2D eigenvalue weighted by Crippen LogP contribution is 2.37. The van der Waals surface area contributed by atoms with E-state index in [1.807, 2.05) is 55.5 Å². The summed E-state index contributed by atoms with van der Waals surface area (Å²) in [6.45, 7) is 4.68. The summed E-state index contributed by atoms with van der Waals surface area (Å²) in [5, 5.41) is 2.99. The summed E-state index contributed by atoms with van der Waals surface area (Å²) < 4.78 is 5.59. The lowest BCUT2D eigenvalue weighted by Crippen LogP contribution is -2.03. The number of ether oxygens (including phenoxy) is 1. The quantitative estimate of drug-likeness (QED) is 0.613. The summed E-state index contributed by atoms with van der Waals surface area (Å²) in [5.41, 5.74) is 4.65. The van der Waals surface area contributed by atoms with Gasteiger partial charge in [-0.05, 0) is 61.4 Å². The summed E-state index contributed by atoms with van der Waals surface area (Å²) in [5.74, 6) is 0.800. The Labute approximate surface area is 157 Å². The van der Waals surface area contributed by atoms with E-state index in [0.717, 1.165) is 38.6 Å². The minimum atomic E-state index is -0.0497. The normalized spacial score (nSPS) is 14.4. The molecule has 4 rings (SSSR count). The molecule has 1 aliphatic rings. The van der Waals surface area contributed by atoms with Crippen LogP contribution in [-0.2, 0) is 4.79 Å². The van der Waals surface area contributed by atoms with Crippen LogP contribution in [0.1, 0.15) is 22.2 Å². The van der Waals surface area contributed by atoms with Gasteiger partial charge in [-0.1, -0.05) is 24.3 Å². The molecule has 3 nitrogen and oxygen atoms in total. The van der Waals surface area contributed by atoms with Gasteiger partial charge in [0.15, 0.2) is 0 Å². The number of carbonyl (C=O) groups excluding carboxylic acids is 1. The van der Waals surface area contributed by atoms with Crippen LogP contribution in [0.15, 0.2) is 54.6 Å². The van der Waals surface area contributed by atoms with Crippen LogP contribution in [-0.4, -0.2) is 12.5 Å². The minimum Gasteiger partial charge on any atom is -0.494 e. The van der Waals surface area contributed by atoms with Crippen LogP contribution in [0.2, 0.25) is 0 Å². The molecule has 0 fully saturated rings. The summed E-state index contributed by atoms with van der Waals surface area (Å²) in [4.78, 5) is 14.8. The average Bonchev–Trinajstić information content (AvgIpc) is 3.18. The fraction of sp³-hybridized carbons (Fsp3) is 0.136. The van der Waals surface area contributed by atoms with Gasteiger partial charge >= 0.3 is 0 Å². The molecule has 130 valence electrons. The van der Waals surface area contributed by atoms with Crippen molar-refractivity contribution in [3.8, 4) is 16.9 Å². The Bertz CT molecular complexity index is 1020. The number of rotatable bonds is 4. The van der Waals surface area contributed by atoms with Gasteiger partial charge in [0.05, 0.1) is 12.2 Å². The topological polar surface area (TPSA) is 38.3 Å². The number of fused-ring (bicyclic) bond motifs is 1.